The molecule has 118 valence electrons. The maximum Gasteiger partial charge on any atom is 0.202 e. The third-order valence-electron chi connectivity index (χ3n) is 3.82. The summed E-state index contributed by atoms with van der Waals surface area (Å²) in [5.74, 6) is -0.831. The number of hydrogen-bond acceptors (Lipinski definition) is 5. The smallest absolute Gasteiger partial charge is 0.202 e. The molecule has 1 N–H and O–H groups in total. The van der Waals surface area contributed by atoms with Gasteiger partial charge in [-0.05, 0) is 30.7 Å². The lowest BCUT2D eigenvalue weighted by Crippen LogP contribution is -2.22. The fourth-order valence-corrected chi connectivity index (χ4v) is 3.11. The Morgan fingerprint density at radius 1 is 0.957 bits per heavy atom. The second-order valence-corrected chi connectivity index (χ2v) is 5.59. The molecular weight excluding hydrogens is 320 g/mol. The van der Waals surface area contributed by atoms with Crippen LogP contribution in [0.4, 0.5) is 0 Å². The average Bonchev–Trinajstić information content (AvgIpc) is 2.51. The first kappa shape index (κ1) is 15.4. The summed E-state index contributed by atoms with van der Waals surface area (Å²) in [6.07, 6.45) is 0. The van der Waals surface area contributed by atoms with E-state index in [0.29, 0.717) is 5.56 Å². The maximum atomic E-state index is 12.8. The second-order valence-electron chi connectivity index (χ2n) is 5.21. The molecule has 0 bridgehead atoms. The van der Waals surface area contributed by atoms with Crippen molar-refractivity contribution in [2.45, 2.75) is 6.92 Å². The second kappa shape index (κ2) is 5.28. The van der Waals surface area contributed by atoms with Crippen molar-refractivity contribution in [3.8, 4) is 17.2 Å². The predicted octanol–water partition coefficient (Wildman–Crippen LogP) is 3.15. The Bertz CT molecular complexity index is 870. The Kier molecular flexibility index (Phi) is 3.53. The van der Waals surface area contributed by atoms with Crippen LogP contribution in [0.25, 0.3) is 0 Å². The molecule has 0 heterocycles. The summed E-state index contributed by atoms with van der Waals surface area (Å²) in [5.41, 5.74) is 0.985. The van der Waals surface area contributed by atoms with Gasteiger partial charge in [-0.2, -0.15) is 0 Å². The van der Waals surface area contributed by atoms with Crippen molar-refractivity contribution in [2.24, 2.45) is 0 Å². The topological polar surface area (TPSA) is 72.8 Å². The van der Waals surface area contributed by atoms with Gasteiger partial charge in [0.25, 0.3) is 0 Å². The van der Waals surface area contributed by atoms with Crippen molar-refractivity contribution in [2.75, 3.05) is 14.2 Å². The lowest BCUT2D eigenvalue weighted by atomic mass is 9.82. The van der Waals surface area contributed by atoms with Crippen LogP contribution in [0.5, 0.6) is 17.2 Å². The van der Waals surface area contributed by atoms with E-state index < -0.39 is 5.78 Å². The molecule has 6 heteroatoms. The molecule has 2 aromatic rings. The van der Waals surface area contributed by atoms with Crippen molar-refractivity contribution < 1.29 is 24.2 Å². The monoisotopic (exact) mass is 332 g/mol. The number of phenols is 1. The molecule has 23 heavy (non-hydrogen) atoms. The number of halogens is 1. The van der Waals surface area contributed by atoms with Crippen molar-refractivity contribution in [1.29, 1.82) is 0 Å². The van der Waals surface area contributed by atoms with Crippen molar-refractivity contribution in [1.82, 2.24) is 0 Å². The fourth-order valence-electron chi connectivity index (χ4n) is 2.81. The lowest BCUT2D eigenvalue weighted by Gasteiger charge is -2.22. The number of carbonyl (C=O) groups is 2. The van der Waals surface area contributed by atoms with Crippen LogP contribution in [0.3, 0.4) is 0 Å². The van der Waals surface area contributed by atoms with E-state index in [9.17, 15) is 14.7 Å². The summed E-state index contributed by atoms with van der Waals surface area (Å²) in [6.45, 7) is 1.73. The molecule has 0 saturated carbocycles. The number of methoxy groups -OCH3 is 2. The van der Waals surface area contributed by atoms with Crippen molar-refractivity contribution >= 4 is 23.2 Å². The van der Waals surface area contributed by atoms with Crippen LogP contribution in [0.2, 0.25) is 5.02 Å². The molecule has 0 saturated heterocycles. The summed E-state index contributed by atoms with van der Waals surface area (Å²) >= 11 is 6.18. The zero-order valence-corrected chi connectivity index (χ0v) is 13.4. The van der Waals surface area contributed by atoms with Crippen LogP contribution in [0, 0.1) is 6.92 Å². The Labute approximate surface area is 137 Å². The highest BCUT2D eigenvalue weighted by Gasteiger charge is 2.36. The van der Waals surface area contributed by atoms with Gasteiger partial charge in [-0.25, -0.2) is 0 Å². The van der Waals surface area contributed by atoms with Crippen LogP contribution < -0.4 is 9.47 Å². The minimum Gasteiger partial charge on any atom is -0.507 e. The lowest BCUT2D eigenvalue weighted by molar-refractivity contribution is 0.0973. The first-order valence-electron chi connectivity index (χ1n) is 6.78. The zero-order valence-electron chi connectivity index (χ0n) is 12.7. The number of ketones is 2. The Morgan fingerprint density at radius 3 is 2.22 bits per heavy atom. The van der Waals surface area contributed by atoms with Crippen molar-refractivity contribution in [3.05, 3.63) is 51.0 Å². The molecule has 0 aromatic heterocycles. The largest absolute Gasteiger partial charge is 0.507 e. The summed E-state index contributed by atoms with van der Waals surface area (Å²) in [4.78, 5) is 25.6. The molecule has 2 aromatic carbocycles. The van der Waals surface area contributed by atoms with Gasteiger partial charge in [-0.15, -0.1) is 0 Å². The number of fused-ring (bicyclic) bond motifs is 2. The van der Waals surface area contributed by atoms with E-state index in [1.54, 1.807) is 13.0 Å². The molecular formula is C17H13ClO5. The van der Waals surface area contributed by atoms with Gasteiger partial charge < -0.3 is 14.6 Å². The van der Waals surface area contributed by atoms with Gasteiger partial charge in [0.1, 0.15) is 16.5 Å². The molecule has 0 unspecified atom stereocenters. The summed E-state index contributed by atoms with van der Waals surface area (Å²) in [5, 5.41) is 10.2. The molecule has 3 rings (SSSR count). The van der Waals surface area contributed by atoms with Crippen LogP contribution in [0.1, 0.15) is 37.4 Å². The van der Waals surface area contributed by atoms with Gasteiger partial charge in [0.15, 0.2) is 11.5 Å². The van der Waals surface area contributed by atoms with E-state index in [1.807, 2.05) is 0 Å². The van der Waals surface area contributed by atoms with Crippen molar-refractivity contribution in [3.63, 3.8) is 0 Å². The number of ether oxygens (including phenoxy) is 2. The fraction of sp³-hybridized carbons (Fsp3) is 0.176. The summed E-state index contributed by atoms with van der Waals surface area (Å²) in [7, 11) is 2.76. The number of hydrogen-bond donors (Lipinski definition) is 1. The summed E-state index contributed by atoms with van der Waals surface area (Å²) < 4.78 is 10.4. The number of benzene rings is 2. The first-order valence-corrected chi connectivity index (χ1v) is 7.16. The molecule has 0 amide bonds. The minimum absolute atomic E-state index is 0.0346. The van der Waals surface area contributed by atoms with E-state index in [-0.39, 0.29) is 50.3 Å². The van der Waals surface area contributed by atoms with E-state index >= 15 is 0 Å². The molecule has 0 aliphatic heterocycles. The van der Waals surface area contributed by atoms with Crippen LogP contribution in [-0.2, 0) is 0 Å². The van der Waals surface area contributed by atoms with Gasteiger partial charge in [-0.1, -0.05) is 11.6 Å². The van der Waals surface area contributed by atoms with Crippen LogP contribution in [-0.4, -0.2) is 30.9 Å². The standard InChI is InChI=1S/C17H13ClO5/c1-7-4-8-12(10(19)5-7)16(21)13-9(15(8)20)6-11(22-2)14(18)17(13)23-3/h4-6,19H,1-3H3. The normalized spacial score (nSPS) is 12.7. The van der Waals surface area contributed by atoms with E-state index in [1.165, 1.54) is 26.4 Å². The number of carbonyl (C=O) groups excluding carboxylic acids is 2. The van der Waals surface area contributed by atoms with Gasteiger partial charge in [0.05, 0.1) is 25.3 Å². The predicted molar refractivity (Wildman–Crippen MR) is 84.3 cm³/mol. The Morgan fingerprint density at radius 2 is 1.61 bits per heavy atom. The van der Waals surface area contributed by atoms with Gasteiger partial charge in [-0.3, -0.25) is 9.59 Å². The molecule has 0 radical (unpaired) electrons. The highest BCUT2D eigenvalue weighted by molar-refractivity contribution is 6.37. The zero-order chi connectivity index (χ0) is 16.9. The van der Waals surface area contributed by atoms with Gasteiger partial charge in [0.2, 0.25) is 5.78 Å². The Balaban J connectivity index is 2.40. The number of rotatable bonds is 2. The molecule has 0 spiro atoms. The minimum atomic E-state index is -0.506. The number of aryl methyl sites for hydroxylation is 1. The molecule has 1 aliphatic carbocycles. The average molecular weight is 333 g/mol. The molecule has 0 atom stereocenters. The highest BCUT2D eigenvalue weighted by atomic mass is 35.5. The quantitative estimate of drug-likeness (QED) is 0.780. The third-order valence-corrected chi connectivity index (χ3v) is 4.17. The highest BCUT2D eigenvalue weighted by Crippen LogP contribution is 2.44. The van der Waals surface area contributed by atoms with E-state index in [4.69, 9.17) is 21.1 Å². The number of phenolic OH excluding ortho intramolecular Hbond substituents is 1. The molecule has 1 aliphatic rings. The number of aromatic hydroxyl groups is 1. The van der Waals surface area contributed by atoms with E-state index in [2.05, 4.69) is 0 Å². The van der Waals surface area contributed by atoms with Crippen LogP contribution in [0.15, 0.2) is 18.2 Å². The Hall–Kier alpha value is -2.53. The SMILES string of the molecule is COc1cc2c(c(OC)c1Cl)C(=O)c1c(O)cc(C)cc1C2=O. The third kappa shape index (κ3) is 2.08. The molecule has 5 nitrogen and oxygen atoms in total. The van der Waals surface area contributed by atoms with Gasteiger partial charge >= 0.3 is 0 Å². The summed E-state index contributed by atoms with van der Waals surface area (Å²) in [6, 6.07) is 4.43. The van der Waals surface area contributed by atoms with Gasteiger partial charge in [0, 0.05) is 11.1 Å². The van der Waals surface area contributed by atoms with E-state index in [0.717, 1.165) is 0 Å². The molecule has 0 fully saturated rings. The maximum absolute atomic E-state index is 12.8. The van der Waals surface area contributed by atoms with Crippen LogP contribution >= 0.6 is 11.6 Å². The first-order chi connectivity index (χ1) is 10.9.